The summed E-state index contributed by atoms with van der Waals surface area (Å²) >= 11 is 0. The molecule has 1 aliphatic rings. The Labute approximate surface area is 171 Å². The van der Waals surface area contributed by atoms with Gasteiger partial charge in [-0.15, -0.1) is 0 Å². The highest BCUT2D eigenvalue weighted by molar-refractivity contribution is 5.80. The molecule has 0 spiro atoms. The molecule has 3 rings (SSSR count). The first-order chi connectivity index (χ1) is 14.0. The molecule has 156 valence electrons. The van der Waals surface area contributed by atoms with E-state index in [1.807, 2.05) is 0 Å². The number of anilines is 1. The van der Waals surface area contributed by atoms with E-state index in [2.05, 4.69) is 58.9 Å². The van der Waals surface area contributed by atoms with Gasteiger partial charge in [-0.25, -0.2) is 8.78 Å². The Balaban J connectivity index is 1.55. The van der Waals surface area contributed by atoms with Gasteiger partial charge in [0.25, 0.3) is 0 Å². The lowest BCUT2D eigenvalue weighted by Gasteiger charge is -2.21. The minimum Gasteiger partial charge on any atom is -0.365 e. The van der Waals surface area contributed by atoms with Crippen LogP contribution >= 0.6 is 0 Å². The fraction of sp³-hybridized carbons (Fsp3) is 0.409. The smallest absolute Gasteiger partial charge is 0.191 e. The van der Waals surface area contributed by atoms with Crippen molar-refractivity contribution in [2.24, 2.45) is 4.99 Å². The first-order valence-electron chi connectivity index (χ1n) is 9.85. The van der Waals surface area contributed by atoms with Crippen LogP contribution in [-0.4, -0.2) is 51.1 Å². The third-order valence-electron chi connectivity index (χ3n) is 4.96. The molecule has 2 aromatic carbocycles. The van der Waals surface area contributed by atoms with E-state index >= 15 is 0 Å². The molecule has 0 radical (unpaired) electrons. The number of hydrogen-bond acceptors (Lipinski definition) is 3. The fourth-order valence-corrected chi connectivity index (χ4v) is 3.65. The van der Waals surface area contributed by atoms with E-state index in [9.17, 15) is 8.78 Å². The maximum Gasteiger partial charge on any atom is 0.191 e. The molecule has 2 N–H and O–H groups in total. The van der Waals surface area contributed by atoms with Gasteiger partial charge >= 0.3 is 0 Å². The van der Waals surface area contributed by atoms with Crippen LogP contribution in [-0.2, 0) is 13.1 Å². The van der Waals surface area contributed by atoms with E-state index in [0.717, 1.165) is 13.0 Å². The third kappa shape index (κ3) is 5.67. The number of guanidine groups is 1. The Bertz CT molecular complexity index is 833. The lowest BCUT2D eigenvalue weighted by atomic mass is 10.1. The predicted molar refractivity (Wildman–Crippen MR) is 114 cm³/mol. The Hall–Kier alpha value is -2.67. The summed E-state index contributed by atoms with van der Waals surface area (Å²) in [4.78, 5) is 8.18. The van der Waals surface area contributed by atoms with Crippen LogP contribution in [0.1, 0.15) is 17.5 Å². The van der Waals surface area contributed by atoms with E-state index in [0.29, 0.717) is 25.6 Å². The maximum atomic E-state index is 14.0. The molecule has 0 saturated carbocycles. The highest BCUT2D eigenvalue weighted by atomic mass is 19.1. The fourth-order valence-electron chi connectivity index (χ4n) is 3.65. The molecule has 1 aliphatic heterocycles. The molecule has 0 aromatic heterocycles. The van der Waals surface area contributed by atoms with Gasteiger partial charge in [-0.3, -0.25) is 4.99 Å². The van der Waals surface area contributed by atoms with Crippen LogP contribution in [0.25, 0.3) is 0 Å². The summed E-state index contributed by atoms with van der Waals surface area (Å²) in [5.74, 6) is -0.361. The first-order valence-corrected chi connectivity index (χ1v) is 9.85. The van der Waals surface area contributed by atoms with Crippen LogP contribution in [0.2, 0.25) is 0 Å². The quantitative estimate of drug-likeness (QED) is 0.577. The lowest BCUT2D eigenvalue weighted by molar-refractivity contribution is 0.402. The second kappa shape index (κ2) is 9.69. The Morgan fingerprint density at radius 3 is 2.52 bits per heavy atom. The lowest BCUT2D eigenvalue weighted by Crippen LogP contribution is -2.44. The molecule has 1 fully saturated rings. The summed E-state index contributed by atoms with van der Waals surface area (Å²) in [6.07, 6.45) is 0.785. The normalized spacial score (nSPS) is 17.1. The number of halogens is 2. The van der Waals surface area contributed by atoms with Crippen LogP contribution in [0, 0.1) is 11.6 Å². The van der Waals surface area contributed by atoms with E-state index in [4.69, 9.17) is 0 Å². The molecule has 1 heterocycles. The summed E-state index contributed by atoms with van der Waals surface area (Å²) in [6, 6.07) is 12.5. The predicted octanol–water partition coefficient (Wildman–Crippen LogP) is 2.97. The van der Waals surface area contributed by atoms with E-state index in [-0.39, 0.29) is 11.7 Å². The highest BCUT2D eigenvalue weighted by Crippen LogP contribution is 2.26. The Morgan fingerprint density at radius 1 is 1.14 bits per heavy atom. The minimum absolute atomic E-state index is 0.0532. The largest absolute Gasteiger partial charge is 0.365 e. The number of aliphatic imine (C=N–C) groups is 1. The van der Waals surface area contributed by atoms with Crippen molar-refractivity contribution in [1.29, 1.82) is 0 Å². The maximum absolute atomic E-state index is 14.0. The van der Waals surface area contributed by atoms with Crippen LogP contribution in [0.5, 0.6) is 0 Å². The van der Waals surface area contributed by atoms with Gasteiger partial charge in [-0.2, -0.15) is 0 Å². The average molecular weight is 402 g/mol. The summed E-state index contributed by atoms with van der Waals surface area (Å²) in [5, 5.41) is 6.69. The molecule has 29 heavy (non-hydrogen) atoms. The van der Waals surface area contributed by atoms with Crippen molar-refractivity contribution in [3.05, 3.63) is 65.2 Å². The van der Waals surface area contributed by atoms with Crippen molar-refractivity contribution >= 4 is 11.6 Å². The molecule has 1 saturated heterocycles. The van der Waals surface area contributed by atoms with Gasteiger partial charge in [0.05, 0.1) is 0 Å². The van der Waals surface area contributed by atoms with Crippen molar-refractivity contribution in [1.82, 2.24) is 15.5 Å². The zero-order chi connectivity index (χ0) is 20.8. The van der Waals surface area contributed by atoms with Crippen LogP contribution < -0.4 is 15.5 Å². The van der Waals surface area contributed by atoms with Gasteiger partial charge < -0.3 is 20.4 Å². The van der Waals surface area contributed by atoms with Crippen LogP contribution in [0.4, 0.5) is 14.5 Å². The second-order valence-electron chi connectivity index (χ2n) is 7.63. The van der Waals surface area contributed by atoms with Gasteiger partial charge in [-0.1, -0.05) is 30.3 Å². The first kappa shape index (κ1) is 21.0. The molecule has 7 heteroatoms. The van der Waals surface area contributed by atoms with Gasteiger partial charge in [0.1, 0.15) is 17.3 Å². The summed E-state index contributed by atoms with van der Waals surface area (Å²) in [5.41, 5.74) is 2.49. The number of nitrogens with zero attached hydrogens (tertiary/aromatic N) is 3. The minimum atomic E-state index is -0.522. The zero-order valence-electron chi connectivity index (χ0n) is 17.3. The molecule has 0 bridgehead atoms. The Morgan fingerprint density at radius 2 is 1.83 bits per heavy atom. The van der Waals surface area contributed by atoms with Crippen molar-refractivity contribution in [3.8, 4) is 0 Å². The van der Waals surface area contributed by atoms with Gasteiger partial charge in [0.15, 0.2) is 5.96 Å². The molecular weight excluding hydrogens is 372 g/mol. The van der Waals surface area contributed by atoms with E-state index in [1.165, 1.54) is 29.3 Å². The summed E-state index contributed by atoms with van der Waals surface area (Å²) < 4.78 is 28.1. The molecule has 5 nitrogen and oxygen atoms in total. The zero-order valence-corrected chi connectivity index (χ0v) is 17.3. The van der Waals surface area contributed by atoms with Crippen LogP contribution in [0.15, 0.2) is 47.5 Å². The van der Waals surface area contributed by atoms with Crippen molar-refractivity contribution in [3.63, 3.8) is 0 Å². The van der Waals surface area contributed by atoms with Crippen molar-refractivity contribution < 1.29 is 8.78 Å². The SMILES string of the molecule is CN=C(NCc1cccc(CN(C)C)c1)NC1CCN(c2c(F)cccc2F)C1. The molecule has 0 amide bonds. The summed E-state index contributed by atoms with van der Waals surface area (Å²) in [7, 11) is 5.82. The van der Waals surface area contributed by atoms with E-state index < -0.39 is 11.6 Å². The van der Waals surface area contributed by atoms with Gasteiger partial charge in [0, 0.05) is 39.3 Å². The molecular formula is C22H29F2N5. The highest BCUT2D eigenvalue weighted by Gasteiger charge is 2.27. The number of hydrogen-bond donors (Lipinski definition) is 2. The van der Waals surface area contributed by atoms with Crippen molar-refractivity contribution in [2.75, 3.05) is 39.1 Å². The number of rotatable bonds is 6. The number of benzene rings is 2. The number of nitrogens with one attached hydrogen (secondary N) is 2. The monoisotopic (exact) mass is 401 g/mol. The molecule has 1 atom stereocenters. The van der Waals surface area contributed by atoms with E-state index in [1.54, 1.807) is 11.9 Å². The Kier molecular flexibility index (Phi) is 7.04. The molecule has 2 aromatic rings. The molecule has 0 aliphatic carbocycles. The third-order valence-corrected chi connectivity index (χ3v) is 4.96. The average Bonchev–Trinajstić information content (AvgIpc) is 3.13. The second-order valence-corrected chi connectivity index (χ2v) is 7.63. The number of para-hydroxylation sites is 1. The van der Waals surface area contributed by atoms with Crippen molar-refractivity contribution in [2.45, 2.75) is 25.6 Å². The van der Waals surface area contributed by atoms with Crippen LogP contribution in [0.3, 0.4) is 0 Å². The van der Waals surface area contributed by atoms with Gasteiger partial charge in [-0.05, 0) is 43.8 Å². The van der Waals surface area contributed by atoms with Gasteiger partial charge in [0.2, 0.25) is 0 Å². The summed E-state index contributed by atoms with van der Waals surface area (Å²) in [6.45, 7) is 2.67. The standard InChI is InChI=1S/C22H29F2N5/c1-25-22(26-13-16-6-4-7-17(12-16)14-28(2)3)27-18-10-11-29(15-18)21-19(23)8-5-9-20(21)24/h4-9,12,18H,10-11,13-15H2,1-3H3,(H2,25,26,27). The topological polar surface area (TPSA) is 42.9 Å². The molecule has 1 unspecified atom stereocenters.